The van der Waals surface area contributed by atoms with Crippen molar-refractivity contribution < 1.29 is 47.2 Å². The number of carbonyl (C=O) groups excluding carboxylic acids is 3. The zero-order valence-corrected chi connectivity index (χ0v) is 11.0. The lowest BCUT2D eigenvalue weighted by molar-refractivity contribution is 0.0572. The van der Waals surface area contributed by atoms with E-state index in [0.717, 1.165) is 0 Å². The van der Waals surface area contributed by atoms with Crippen LogP contribution in [0.2, 0.25) is 0 Å². The molecule has 2 fully saturated rings. The van der Waals surface area contributed by atoms with E-state index in [1.807, 2.05) is 0 Å². The van der Waals surface area contributed by atoms with E-state index in [4.69, 9.17) is 0 Å². The first kappa shape index (κ1) is 17.7. The molecule has 2 saturated heterocycles. The van der Waals surface area contributed by atoms with Crippen molar-refractivity contribution in [3.05, 3.63) is 0 Å². The molecule has 0 radical (unpaired) electrons. The van der Waals surface area contributed by atoms with Gasteiger partial charge in [-0.1, -0.05) is 0 Å². The van der Waals surface area contributed by atoms with Crippen LogP contribution in [0, 0.1) is 0 Å². The van der Waals surface area contributed by atoms with E-state index in [2.05, 4.69) is 28.4 Å². The van der Waals surface area contributed by atoms with Crippen LogP contribution < -0.4 is 0 Å². The highest BCUT2D eigenvalue weighted by atomic mass is 19.1. The van der Waals surface area contributed by atoms with E-state index in [1.165, 1.54) is 7.11 Å². The Labute approximate surface area is 113 Å². The van der Waals surface area contributed by atoms with Crippen LogP contribution in [-0.2, 0) is 28.4 Å². The molecule has 0 saturated carbocycles. The topological polar surface area (TPSA) is 107 Å². The summed E-state index contributed by atoms with van der Waals surface area (Å²) < 4.78 is 36.5. The number of ether oxygens (including phenoxy) is 6. The third-order valence-electron chi connectivity index (χ3n) is 1.51. The molecule has 2 rings (SSSR count). The minimum Gasteiger partial charge on any atom is -0.438 e. The van der Waals surface area contributed by atoms with Gasteiger partial charge < -0.3 is 28.4 Å². The van der Waals surface area contributed by atoms with Gasteiger partial charge in [-0.3, -0.25) is 0 Å². The Bertz CT molecular complexity index is 306. The maximum absolute atomic E-state index is 11.6. The third kappa shape index (κ3) is 9.74. The van der Waals surface area contributed by atoms with Gasteiger partial charge in [0.25, 0.3) is 6.36 Å². The second-order valence-electron chi connectivity index (χ2n) is 2.92. The van der Waals surface area contributed by atoms with Crippen LogP contribution >= 0.6 is 0 Å². The molecule has 0 aromatic rings. The molecule has 0 amide bonds. The summed E-state index contributed by atoms with van der Waals surface area (Å²) in [6.07, 6.45) is -3.64. The molecule has 2 aliphatic heterocycles. The molecule has 2 heterocycles. The quantitative estimate of drug-likeness (QED) is 0.524. The van der Waals surface area contributed by atoms with Crippen molar-refractivity contribution in [1.82, 2.24) is 0 Å². The van der Waals surface area contributed by atoms with Crippen LogP contribution in [0.3, 0.4) is 0 Å². The lowest BCUT2D eigenvalue weighted by Crippen LogP contribution is -2.02. The second kappa shape index (κ2) is 10.6. The van der Waals surface area contributed by atoms with Gasteiger partial charge in [0.05, 0.1) is 13.7 Å². The first-order chi connectivity index (χ1) is 9.49. The molecule has 10 heteroatoms. The van der Waals surface area contributed by atoms with Crippen LogP contribution in [0.4, 0.5) is 18.8 Å². The minimum absolute atomic E-state index is 0.265. The number of rotatable bonds is 1. The van der Waals surface area contributed by atoms with Crippen LogP contribution in [0.15, 0.2) is 0 Å². The molecule has 9 nitrogen and oxygen atoms in total. The number of cyclic esters (lactones) is 4. The van der Waals surface area contributed by atoms with E-state index in [0.29, 0.717) is 19.8 Å². The summed E-state index contributed by atoms with van der Waals surface area (Å²) in [7, 11) is 1.28. The summed E-state index contributed by atoms with van der Waals surface area (Å²) in [4.78, 5) is 29.5. The number of alkyl halides is 1. The Kier molecular flexibility index (Phi) is 9.44. The summed E-state index contributed by atoms with van der Waals surface area (Å²) >= 11 is 0. The molecule has 0 N–H and O–H groups in total. The largest absolute Gasteiger partial charge is 0.511 e. The minimum atomic E-state index is -1.55. The molecule has 116 valence electrons. The monoisotopic (exact) mass is 298 g/mol. The first-order valence-electron chi connectivity index (χ1n) is 5.47. The van der Waals surface area contributed by atoms with E-state index < -0.39 is 24.8 Å². The zero-order valence-electron chi connectivity index (χ0n) is 11.0. The van der Waals surface area contributed by atoms with Crippen molar-refractivity contribution in [3.63, 3.8) is 0 Å². The molecular formula is C10H15FO9. The molecule has 0 aromatic carbocycles. The van der Waals surface area contributed by atoms with Gasteiger partial charge >= 0.3 is 18.5 Å². The predicted molar refractivity (Wildman–Crippen MR) is 58.7 cm³/mol. The van der Waals surface area contributed by atoms with E-state index in [1.54, 1.807) is 6.92 Å². The van der Waals surface area contributed by atoms with Gasteiger partial charge in [0.15, 0.2) is 6.61 Å². The van der Waals surface area contributed by atoms with Crippen molar-refractivity contribution >= 4 is 18.5 Å². The van der Waals surface area contributed by atoms with Gasteiger partial charge in [-0.05, 0) is 6.92 Å². The molecule has 2 aliphatic rings. The Morgan fingerprint density at radius 2 is 1.85 bits per heavy atom. The van der Waals surface area contributed by atoms with Gasteiger partial charge in [-0.25, -0.2) is 14.4 Å². The summed E-state index contributed by atoms with van der Waals surface area (Å²) in [6.45, 7) is 2.65. The standard InChI is InChI=1S/C4H8O3.C3H3FO3.C3H4O3/c1-3-7-4(5)6-2;4-2-1-6-3(5)7-2;4-3-5-1-2-6-3/h3H2,1-2H3;2H,1H2;1-2H2. The maximum atomic E-state index is 11.6. The molecule has 1 unspecified atom stereocenters. The zero-order chi connectivity index (χ0) is 15.4. The highest BCUT2D eigenvalue weighted by Gasteiger charge is 2.23. The van der Waals surface area contributed by atoms with Gasteiger partial charge in [0, 0.05) is 0 Å². The number of hydrogen-bond acceptors (Lipinski definition) is 9. The van der Waals surface area contributed by atoms with E-state index in [-0.39, 0.29) is 6.61 Å². The average molecular weight is 298 g/mol. The fraction of sp³-hybridized carbons (Fsp3) is 0.700. The SMILES string of the molecule is CCOC(=O)OC.O=C1OCC(F)O1.O=C1OCCO1. The predicted octanol–water partition coefficient (Wildman–Crippen LogP) is 1.39. The molecule has 20 heavy (non-hydrogen) atoms. The lowest BCUT2D eigenvalue weighted by Gasteiger charge is -1.94. The Balaban J connectivity index is 0.000000271. The van der Waals surface area contributed by atoms with Crippen molar-refractivity contribution in [2.24, 2.45) is 0 Å². The lowest BCUT2D eigenvalue weighted by atomic mass is 10.8. The molecule has 0 aromatic heterocycles. The molecular weight excluding hydrogens is 283 g/mol. The summed E-state index contributed by atoms with van der Waals surface area (Å²) in [5.74, 6) is 0. The normalized spacial score (nSPS) is 18.9. The Hall–Kier alpha value is -2.26. The van der Waals surface area contributed by atoms with E-state index in [9.17, 15) is 18.8 Å². The van der Waals surface area contributed by atoms with Crippen LogP contribution in [0.25, 0.3) is 0 Å². The fourth-order valence-electron chi connectivity index (χ4n) is 0.774. The van der Waals surface area contributed by atoms with Crippen LogP contribution in [0.1, 0.15) is 6.92 Å². The van der Waals surface area contributed by atoms with Crippen molar-refractivity contribution in [1.29, 1.82) is 0 Å². The Morgan fingerprint density at radius 3 is 2.00 bits per heavy atom. The smallest absolute Gasteiger partial charge is 0.438 e. The van der Waals surface area contributed by atoms with Crippen LogP contribution in [0.5, 0.6) is 0 Å². The van der Waals surface area contributed by atoms with Crippen molar-refractivity contribution in [3.8, 4) is 0 Å². The molecule has 0 spiro atoms. The first-order valence-corrected chi connectivity index (χ1v) is 5.47. The molecule has 0 aliphatic carbocycles. The number of hydrogen-bond donors (Lipinski definition) is 0. The number of halogens is 1. The average Bonchev–Trinajstić information content (AvgIpc) is 3.02. The molecule has 1 atom stereocenters. The molecule has 0 bridgehead atoms. The fourth-order valence-corrected chi connectivity index (χ4v) is 0.774. The van der Waals surface area contributed by atoms with Crippen LogP contribution in [-0.4, -0.2) is 58.4 Å². The number of methoxy groups -OCH3 is 1. The van der Waals surface area contributed by atoms with Gasteiger partial charge in [0.1, 0.15) is 13.2 Å². The highest BCUT2D eigenvalue weighted by molar-refractivity contribution is 5.61. The van der Waals surface area contributed by atoms with Crippen molar-refractivity contribution in [2.75, 3.05) is 33.5 Å². The Morgan fingerprint density at radius 1 is 1.25 bits per heavy atom. The maximum Gasteiger partial charge on any atom is 0.511 e. The van der Waals surface area contributed by atoms with Gasteiger partial charge in [-0.15, -0.1) is 0 Å². The summed E-state index contributed by atoms with van der Waals surface area (Å²) in [5, 5.41) is 0. The van der Waals surface area contributed by atoms with Crippen molar-refractivity contribution in [2.45, 2.75) is 13.3 Å². The number of carbonyl (C=O) groups is 3. The van der Waals surface area contributed by atoms with Gasteiger partial charge in [0.2, 0.25) is 0 Å². The second-order valence-corrected chi connectivity index (χ2v) is 2.92. The summed E-state index contributed by atoms with van der Waals surface area (Å²) in [5.41, 5.74) is 0. The third-order valence-corrected chi connectivity index (χ3v) is 1.51. The van der Waals surface area contributed by atoms with E-state index >= 15 is 0 Å². The summed E-state index contributed by atoms with van der Waals surface area (Å²) in [6, 6.07) is 0. The highest BCUT2D eigenvalue weighted by Crippen LogP contribution is 2.05. The van der Waals surface area contributed by atoms with Gasteiger partial charge in [-0.2, -0.15) is 4.39 Å².